The van der Waals surface area contributed by atoms with Crippen molar-refractivity contribution in [1.82, 2.24) is 20.0 Å². The fourth-order valence-electron chi connectivity index (χ4n) is 3.09. The van der Waals surface area contributed by atoms with Gasteiger partial charge in [0.15, 0.2) is 17.2 Å². The van der Waals surface area contributed by atoms with Crippen LogP contribution < -0.4 is 4.74 Å². The van der Waals surface area contributed by atoms with E-state index in [1.807, 2.05) is 12.1 Å². The van der Waals surface area contributed by atoms with E-state index in [1.165, 1.54) is 24.3 Å². The molecule has 0 spiro atoms. The van der Waals surface area contributed by atoms with Crippen LogP contribution in [0.1, 0.15) is 22.4 Å². The molecule has 0 aliphatic rings. The Hall–Kier alpha value is -4.01. The normalized spacial score (nSPS) is 10.6. The van der Waals surface area contributed by atoms with Crippen LogP contribution in [0.5, 0.6) is 11.5 Å². The first-order chi connectivity index (χ1) is 14.5. The molecule has 30 heavy (non-hydrogen) atoms. The van der Waals surface area contributed by atoms with Gasteiger partial charge in [0.2, 0.25) is 0 Å². The van der Waals surface area contributed by atoms with Gasteiger partial charge in [0, 0.05) is 18.9 Å². The number of aromatic nitrogens is 4. The zero-order chi connectivity index (χ0) is 21.3. The zero-order valence-electron chi connectivity index (χ0n) is 15.6. The maximum atomic E-state index is 15.3. The van der Waals surface area contributed by atoms with E-state index in [0.717, 1.165) is 5.39 Å². The number of hydrogen-bond acceptors (Lipinski definition) is 6. The van der Waals surface area contributed by atoms with E-state index in [1.54, 1.807) is 30.1 Å². The van der Waals surface area contributed by atoms with Crippen molar-refractivity contribution in [3.63, 3.8) is 0 Å². The Balaban J connectivity index is 1.73. The van der Waals surface area contributed by atoms with Gasteiger partial charge in [0.1, 0.15) is 5.75 Å². The number of fused-ring (bicyclic) bond motifs is 1. The number of ether oxygens (including phenoxy) is 1. The van der Waals surface area contributed by atoms with Crippen LogP contribution in [-0.2, 0) is 13.5 Å². The second-order valence-electron chi connectivity index (χ2n) is 6.44. The fraction of sp³-hybridized carbons (Fsp3) is 0.0952. The lowest BCUT2D eigenvalue weighted by Crippen LogP contribution is -1.99. The SMILES string of the molecule is Cn1nc(Cc2ccc(Cl)c(Oc3cc(C#N)cc(C#N)c3)c2F)c2ccnnc21. The van der Waals surface area contributed by atoms with E-state index in [9.17, 15) is 0 Å². The maximum absolute atomic E-state index is 15.3. The molecule has 9 heteroatoms. The molecule has 4 rings (SSSR count). The van der Waals surface area contributed by atoms with Crippen molar-refractivity contribution < 1.29 is 9.13 Å². The molecule has 2 aromatic heterocycles. The van der Waals surface area contributed by atoms with Crippen LogP contribution in [0, 0.1) is 28.5 Å². The summed E-state index contributed by atoms with van der Waals surface area (Å²) in [6.07, 6.45) is 1.74. The first-order valence-electron chi connectivity index (χ1n) is 8.73. The fourth-order valence-corrected chi connectivity index (χ4v) is 3.27. The number of halogens is 2. The van der Waals surface area contributed by atoms with Crippen molar-refractivity contribution in [3.8, 4) is 23.6 Å². The highest BCUT2D eigenvalue weighted by atomic mass is 35.5. The Morgan fingerprint density at radius 1 is 1.13 bits per heavy atom. The molecule has 4 aromatic rings. The maximum Gasteiger partial charge on any atom is 0.181 e. The predicted octanol–water partition coefficient (Wildman–Crippen LogP) is 4.28. The Labute approximate surface area is 175 Å². The summed E-state index contributed by atoms with van der Waals surface area (Å²) in [5.74, 6) is -0.695. The lowest BCUT2D eigenvalue weighted by molar-refractivity contribution is 0.439. The molecule has 0 saturated heterocycles. The van der Waals surface area contributed by atoms with E-state index in [4.69, 9.17) is 26.9 Å². The minimum atomic E-state index is -0.649. The van der Waals surface area contributed by atoms with Gasteiger partial charge in [-0.25, -0.2) is 9.07 Å². The molecule has 0 saturated carbocycles. The molecule has 146 valence electrons. The molecule has 2 aromatic carbocycles. The Morgan fingerprint density at radius 3 is 2.57 bits per heavy atom. The molecule has 0 bridgehead atoms. The Bertz CT molecular complexity index is 1340. The highest BCUT2D eigenvalue weighted by Gasteiger charge is 2.18. The van der Waals surface area contributed by atoms with Gasteiger partial charge in [-0.1, -0.05) is 17.7 Å². The first-order valence-corrected chi connectivity index (χ1v) is 9.11. The minimum Gasteiger partial charge on any atom is -0.453 e. The van der Waals surface area contributed by atoms with Crippen molar-refractivity contribution >= 4 is 22.6 Å². The van der Waals surface area contributed by atoms with E-state index in [0.29, 0.717) is 16.9 Å². The number of aryl methyl sites for hydroxylation is 1. The van der Waals surface area contributed by atoms with Crippen molar-refractivity contribution in [1.29, 1.82) is 10.5 Å². The quantitative estimate of drug-likeness (QED) is 0.490. The number of nitrogens with zero attached hydrogens (tertiary/aromatic N) is 6. The summed E-state index contributed by atoms with van der Waals surface area (Å²) in [5, 5.41) is 31.4. The lowest BCUT2D eigenvalue weighted by Gasteiger charge is -2.12. The van der Waals surface area contributed by atoms with Crippen LogP contribution in [0.15, 0.2) is 42.6 Å². The summed E-state index contributed by atoms with van der Waals surface area (Å²) in [6.45, 7) is 0. The monoisotopic (exact) mass is 418 g/mol. The lowest BCUT2D eigenvalue weighted by atomic mass is 10.1. The Morgan fingerprint density at radius 2 is 1.87 bits per heavy atom. The number of nitriles is 2. The molecular weight excluding hydrogens is 407 g/mol. The summed E-state index contributed by atoms with van der Waals surface area (Å²) >= 11 is 6.17. The van der Waals surface area contributed by atoms with Crippen LogP contribution in [0.25, 0.3) is 11.0 Å². The molecular formula is C21H12ClFN6O. The number of benzene rings is 2. The highest BCUT2D eigenvalue weighted by Crippen LogP contribution is 2.35. The van der Waals surface area contributed by atoms with E-state index >= 15 is 4.39 Å². The van der Waals surface area contributed by atoms with Crippen LogP contribution >= 0.6 is 11.6 Å². The van der Waals surface area contributed by atoms with Crippen molar-refractivity contribution in [2.45, 2.75) is 6.42 Å². The molecule has 0 amide bonds. The second kappa shape index (κ2) is 7.78. The molecule has 0 atom stereocenters. The van der Waals surface area contributed by atoms with E-state index in [2.05, 4.69) is 15.3 Å². The van der Waals surface area contributed by atoms with Crippen molar-refractivity contribution in [2.75, 3.05) is 0 Å². The predicted molar refractivity (Wildman–Crippen MR) is 106 cm³/mol. The summed E-state index contributed by atoms with van der Waals surface area (Å²) in [5.41, 5.74) is 1.99. The third-order valence-electron chi connectivity index (χ3n) is 4.46. The van der Waals surface area contributed by atoms with Crippen LogP contribution in [-0.4, -0.2) is 20.0 Å². The van der Waals surface area contributed by atoms with Gasteiger partial charge in [-0.05, 0) is 35.9 Å². The average molecular weight is 419 g/mol. The molecule has 7 nitrogen and oxygen atoms in total. The van der Waals surface area contributed by atoms with E-state index in [-0.39, 0.29) is 34.1 Å². The van der Waals surface area contributed by atoms with Gasteiger partial charge in [0.25, 0.3) is 0 Å². The third kappa shape index (κ3) is 3.52. The number of rotatable bonds is 4. The van der Waals surface area contributed by atoms with Gasteiger partial charge in [-0.3, -0.25) is 0 Å². The Kier molecular flexibility index (Phi) is 5.01. The summed E-state index contributed by atoms with van der Waals surface area (Å²) < 4.78 is 22.5. The molecule has 0 N–H and O–H groups in total. The summed E-state index contributed by atoms with van der Waals surface area (Å²) in [4.78, 5) is 0. The molecule has 2 heterocycles. The van der Waals surface area contributed by atoms with Gasteiger partial charge in [-0.15, -0.1) is 5.10 Å². The topological polar surface area (TPSA) is 100 Å². The zero-order valence-corrected chi connectivity index (χ0v) is 16.4. The van der Waals surface area contributed by atoms with Crippen LogP contribution in [0.4, 0.5) is 4.39 Å². The van der Waals surface area contributed by atoms with Gasteiger partial charge >= 0.3 is 0 Å². The van der Waals surface area contributed by atoms with E-state index < -0.39 is 5.82 Å². The van der Waals surface area contributed by atoms with Gasteiger partial charge in [0.05, 0.1) is 40.2 Å². The van der Waals surface area contributed by atoms with Crippen molar-refractivity contribution in [2.24, 2.45) is 7.05 Å². The molecule has 0 aliphatic heterocycles. The smallest absolute Gasteiger partial charge is 0.181 e. The standard InChI is InChI=1S/C21H12ClFN6O/c1-29-21-16(4-5-26-27-21)18(28-29)9-14-2-3-17(22)20(19(14)23)30-15-7-12(10-24)6-13(8-15)11-25/h2-8H,9H2,1H3. The first kappa shape index (κ1) is 19.3. The van der Waals surface area contributed by atoms with Crippen LogP contribution in [0.3, 0.4) is 0 Å². The second-order valence-corrected chi connectivity index (χ2v) is 6.84. The van der Waals surface area contributed by atoms with Gasteiger partial charge < -0.3 is 4.74 Å². The van der Waals surface area contributed by atoms with Crippen LogP contribution in [0.2, 0.25) is 5.02 Å². The third-order valence-corrected chi connectivity index (χ3v) is 4.76. The molecule has 0 unspecified atom stereocenters. The largest absolute Gasteiger partial charge is 0.453 e. The number of hydrogen-bond donors (Lipinski definition) is 0. The molecule has 0 radical (unpaired) electrons. The molecule has 0 fully saturated rings. The average Bonchev–Trinajstić information content (AvgIpc) is 3.08. The highest BCUT2D eigenvalue weighted by molar-refractivity contribution is 6.32. The summed E-state index contributed by atoms with van der Waals surface area (Å²) in [6, 6.07) is 13.0. The molecule has 0 aliphatic carbocycles. The summed E-state index contributed by atoms with van der Waals surface area (Å²) in [7, 11) is 1.74. The minimum absolute atomic E-state index is 0.0638. The van der Waals surface area contributed by atoms with Crippen molar-refractivity contribution in [3.05, 3.63) is 75.8 Å². The van der Waals surface area contributed by atoms with Gasteiger partial charge in [-0.2, -0.15) is 20.7 Å².